The van der Waals surface area contributed by atoms with Crippen LogP contribution in [0.1, 0.15) is 40.0 Å². The van der Waals surface area contributed by atoms with Crippen LogP contribution >= 0.6 is 23.1 Å². The Kier molecular flexibility index (Phi) is 7.84. The molecular weight excluding hydrogens is 438 g/mol. The molecule has 0 atom stereocenters. The summed E-state index contributed by atoms with van der Waals surface area (Å²) in [5, 5.41) is 3.71. The topological polar surface area (TPSA) is 106 Å². The number of carbonyl (C=O) groups is 2. The average molecular weight is 466 g/mol. The van der Waals surface area contributed by atoms with Crippen molar-refractivity contribution in [3.8, 4) is 0 Å². The van der Waals surface area contributed by atoms with Crippen LogP contribution in [0.4, 0.5) is 5.13 Å². The number of rotatable bonds is 9. The summed E-state index contributed by atoms with van der Waals surface area (Å²) in [7, 11) is 3.95. The van der Waals surface area contributed by atoms with Crippen LogP contribution in [0.2, 0.25) is 0 Å². The third-order valence-corrected chi connectivity index (χ3v) is 6.89. The van der Waals surface area contributed by atoms with Crippen molar-refractivity contribution >= 4 is 40.1 Å². The van der Waals surface area contributed by atoms with Crippen molar-refractivity contribution in [3.63, 3.8) is 0 Å². The van der Waals surface area contributed by atoms with E-state index in [2.05, 4.69) is 15.3 Å². The first-order valence-electron chi connectivity index (χ1n) is 10.1. The first-order valence-corrected chi connectivity index (χ1v) is 11.9. The fourth-order valence-corrected chi connectivity index (χ4v) is 5.11. The Hall–Kier alpha value is -2.24. The van der Waals surface area contributed by atoms with E-state index in [0.29, 0.717) is 27.3 Å². The van der Waals surface area contributed by atoms with Gasteiger partial charge in [0.2, 0.25) is 5.91 Å². The standard InChI is InChI=1S/C20H27N5O4S2/c1-5-29-18(27)16-12(2)21-19(31-16)22-15(26)11-30-17-13-7-6-8-14(13)25(20(28)23-17)10-9-24(3)4/h5-11H2,1-4H3,(H,21,22,26). The monoisotopic (exact) mass is 465 g/mol. The smallest absolute Gasteiger partial charge is 0.350 e. The fourth-order valence-electron chi connectivity index (χ4n) is 3.36. The van der Waals surface area contributed by atoms with E-state index in [1.54, 1.807) is 18.4 Å². The Bertz CT molecular complexity index is 1030. The fraction of sp³-hybridized carbons (Fsp3) is 0.550. The van der Waals surface area contributed by atoms with Crippen LogP contribution in [-0.4, -0.2) is 64.3 Å². The molecule has 168 valence electrons. The molecule has 0 bridgehead atoms. The number of nitrogens with zero attached hydrogens (tertiary/aromatic N) is 4. The van der Waals surface area contributed by atoms with E-state index in [4.69, 9.17) is 4.74 Å². The number of aromatic nitrogens is 3. The molecule has 0 radical (unpaired) electrons. The van der Waals surface area contributed by atoms with Crippen LogP contribution in [0.15, 0.2) is 9.82 Å². The van der Waals surface area contributed by atoms with Gasteiger partial charge < -0.3 is 15.0 Å². The molecule has 1 amide bonds. The van der Waals surface area contributed by atoms with Crippen LogP contribution < -0.4 is 11.0 Å². The predicted molar refractivity (Wildman–Crippen MR) is 121 cm³/mol. The van der Waals surface area contributed by atoms with E-state index >= 15 is 0 Å². The highest BCUT2D eigenvalue weighted by Gasteiger charge is 2.23. The largest absolute Gasteiger partial charge is 0.462 e. The van der Waals surface area contributed by atoms with E-state index in [1.165, 1.54) is 11.8 Å². The number of carbonyl (C=O) groups excluding carboxylic acids is 2. The lowest BCUT2D eigenvalue weighted by molar-refractivity contribution is -0.113. The summed E-state index contributed by atoms with van der Waals surface area (Å²) in [4.78, 5) is 47.8. The van der Waals surface area contributed by atoms with Gasteiger partial charge in [-0.1, -0.05) is 23.1 Å². The molecule has 1 aliphatic rings. The van der Waals surface area contributed by atoms with Crippen LogP contribution in [-0.2, 0) is 28.9 Å². The van der Waals surface area contributed by atoms with Crippen molar-refractivity contribution in [1.82, 2.24) is 19.4 Å². The first-order chi connectivity index (χ1) is 14.8. The van der Waals surface area contributed by atoms with Gasteiger partial charge in [-0.3, -0.25) is 9.36 Å². The molecule has 11 heteroatoms. The molecule has 0 aromatic carbocycles. The van der Waals surface area contributed by atoms with Gasteiger partial charge in [0.05, 0.1) is 18.1 Å². The van der Waals surface area contributed by atoms with Crippen molar-refractivity contribution in [1.29, 1.82) is 0 Å². The molecule has 0 saturated heterocycles. The minimum atomic E-state index is -0.443. The second kappa shape index (κ2) is 10.4. The Morgan fingerprint density at radius 3 is 2.77 bits per heavy atom. The van der Waals surface area contributed by atoms with Crippen molar-refractivity contribution in [3.05, 3.63) is 32.3 Å². The maximum absolute atomic E-state index is 12.6. The number of likely N-dealkylation sites (N-methyl/N-ethyl adjacent to an activating group) is 1. The third kappa shape index (κ3) is 5.72. The minimum absolute atomic E-state index is 0.105. The summed E-state index contributed by atoms with van der Waals surface area (Å²) in [6.45, 7) is 5.09. The Balaban J connectivity index is 1.66. The zero-order valence-corrected chi connectivity index (χ0v) is 19.8. The molecular formula is C20H27N5O4S2. The number of ether oxygens (including phenoxy) is 1. The SMILES string of the molecule is CCOC(=O)c1sc(NC(=O)CSc2nc(=O)n(CCN(C)C)c3c2CCC3)nc1C. The van der Waals surface area contributed by atoms with E-state index in [0.717, 1.165) is 48.4 Å². The van der Waals surface area contributed by atoms with Crippen LogP contribution in [0.25, 0.3) is 0 Å². The normalized spacial score (nSPS) is 12.8. The predicted octanol–water partition coefficient (Wildman–Crippen LogP) is 1.97. The van der Waals surface area contributed by atoms with Crippen molar-refractivity contribution in [2.45, 2.75) is 44.7 Å². The molecule has 2 heterocycles. The molecule has 1 aliphatic carbocycles. The molecule has 0 saturated carbocycles. The highest BCUT2D eigenvalue weighted by molar-refractivity contribution is 8.00. The van der Waals surface area contributed by atoms with Crippen molar-refractivity contribution in [2.75, 3.05) is 38.3 Å². The Morgan fingerprint density at radius 2 is 2.06 bits per heavy atom. The maximum atomic E-state index is 12.6. The summed E-state index contributed by atoms with van der Waals surface area (Å²) in [6, 6.07) is 0. The van der Waals surface area contributed by atoms with Gasteiger partial charge in [0.1, 0.15) is 9.90 Å². The lowest BCUT2D eigenvalue weighted by Gasteiger charge is -2.16. The number of thiazole rings is 1. The van der Waals surface area contributed by atoms with Crippen molar-refractivity contribution in [2.24, 2.45) is 0 Å². The second-order valence-electron chi connectivity index (χ2n) is 7.42. The number of hydrogen-bond acceptors (Lipinski definition) is 9. The van der Waals surface area contributed by atoms with Gasteiger partial charge in [-0.25, -0.2) is 14.6 Å². The van der Waals surface area contributed by atoms with E-state index in [9.17, 15) is 14.4 Å². The zero-order valence-electron chi connectivity index (χ0n) is 18.2. The maximum Gasteiger partial charge on any atom is 0.350 e. The molecule has 0 fully saturated rings. The van der Waals surface area contributed by atoms with E-state index < -0.39 is 5.97 Å². The second-order valence-corrected chi connectivity index (χ2v) is 9.39. The molecule has 3 rings (SSSR count). The highest BCUT2D eigenvalue weighted by atomic mass is 32.2. The quantitative estimate of drug-likeness (QED) is 0.340. The first kappa shape index (κ1) is 23.4. The summed E-state index contributed by atoms with van der Waals surface area (Å²) >= 11 is 2.35. The molecule has 0 spiro atoms. The summed E-state index contributed by atoms with van der Waals surface area (Å²) in [5.74, 6) is -0.602. The average Bonchev–Trinajstić information content (AvgIpc) is 3.32. The number of aryl methyl sites for hydroxylation is 1. The molecule has 31 heavy (non-hydrogen) atoms. The van der Waals surface area contributed by atoms with Crippen LogP contribution in [0.3, 0.4) is 0 Å². The van der Waals surface area contributed by atoms with E-state index in [-0.39, 0.29) is 24.0 Å². The molecule has 0 aliphatic heterocycles. The molecule has 2 aromatic heterocycles. The van der Waals surface area contributed by atoms with Gasteiger partial charge in [0.15, 0.2) is 5.13 Å². The lowest BCUT2D eigenvalue weighted by Crippen LogP contribution is -2.31. The van der Waals surface area contributed by atoms with Crippen LogP contribution in [0, 0.1) is 6.92 Å². The number of nitrogens with one attached hydrogen (secondary N) is 1. The van der Waals surface area contributed by atoms with Gasteiger partial charge in [-0.15, -0.1) is 0 Å². The number of thioether (sulfide) groups is 1. The van der Waals surface area contributed by atoms with Gasteiger partial charge in [-0.05, 0) is 47.2 Å². The number of anilines is 1. The molecule has 2 aromatic rings. The molecule has 9 nitrogen and oxygen atoms in total. The zero-order chi connectivity index (χ0) is 22.5. The minimum Gasteiger partial charge on any atom is -0.462 e. The number of amides is 1. The summed E-state index contributed by atoms with van der Waals surface area (Å²) in [6.07, 6.45) is 2.70. The summed E-state index contributed by atoms with van der Waals surface area (Å²) < 4.78 is 6.76. The number of fused-ring (bicyclic) bond motifs is 1. The van der Waals surface area contributed by atoms with Crippen LogP contribution in [0.5, 0.6) is 0 Å². The Labute approximate surface area is 189 Å². The van der Waals surface area contributed by atoms with Crippen molar-refractivity contribution < 1.29 is 14.3 Å². The summed E-state index contributed by atoms with van der Waals surface area (Å²) in [5.41, 5.74) is 2.37. The third-order valence-electron chi connectivity index (χ3n) is 4.82. The Morgan fingerprint density at radius 1 is 1.29 bits per heavy atom. The molecule has 0 unspecified atom stereocenters. The van der Waals surface area contributed by atoms with Gasteiger partial charge >= 0.3 is 11.7 Å². The number of esters is 1. The lowest BCUT2D eigenvalue weighted by atomic mass is 10.2. The molecule has 1 N–H and O–H groups in total. The number of hydrogen-bond donors (Lipinski definition) is 1. The van der Waals surface area contributed by atoms with Gasteiger partial charge in [0, 0.05) is 24.3 Å². The van der Waals surface area contributed by atoms with Gasteiger partial charge in [0.25, 0.3) is 0 Å². The highest BCUT2D eigenvalue weighted by Crippen LogP contribution is 2.29. The van der Waals surface area contributed by atoms with E-state index in [1.807, 2.05) is 19.0 Å². The van der Waals surface area contributed by atoms with Gasteiger partial charge in [-0.2, -0.15) is 4.98 Å².